The maximum atomic E-state index is 12.7. The number of halogens is 3. The molecule has 0 fully saturated rings. The van der Waals surface area contributed by atoms with Crippen molar-refractivity contribution in [1.29, 1.82) is 0 Å². The Labute approximate surface area is 186 Å². The van der Waals surface area contributed by atoms with Crippen LogP contribution in [0.3, 0.4) is 0 Å². The predicted molar refractivity (Wildman–Crippen MR) is 111 cm³/mol. The van der Waals surface area contributed by atoms with Crippen LogP contribution >= 0.6 is 0 Å². The molecule has 8 nitrogen and oxygen atoms in total. The van der Waals surface area contributed by atoms with E-state index in [9.17, 15) is 32.3 Å². The average molecular weight is 463 g/mol. The van der Waals surface area contributed by atoms with Gasteiger partial charge >= 0.3 is 6.18 Å². The zero-order valence-corrected chi connectivity index (χ0v) is 17.5. The van der Waals surface area contributed by atoms with Crippen LogP contribution in [0, 0.1) is 0 Å². The van der Waals surface area contributed by atoms with Gasteiger partial charge in [0.2, 0.25) is 0 Å². The van der Waals surface area contributed by atoms with Crippen LogP contribution in [0.2, 0.25) is 0 Å². The smallest absolute Gasteiger partial charge is 0.385 e. The minimum atomic E-state index is -4.58. The maximum absolute atomic E-state index is 12.7. The molecule has 1 aliphatic heterocycles. The van der Waals surface area contributed by atoms with Gasteiger partial charge in [0.1, 0.15) is 6.54 Å². The zero-order chi connectivity index (χ0) is 24.2. The number of rotatable bonds is 8. The third-order valence-electron chi connectivity index (χ3n) is 4.83. The summed E-state index contributed by atoms with van der Waals surface area (Å²) in [7, 11) is 1.51. The van der Waals surface area contributed by atoms with E-state index in [1.807, 2.05) is 0 Å². The molecule has 3 rings (SSSR count). The molecule has 0 aliphatic carbocycles. The number of hydrogen-bond acceptors (Lipinski definition) is 5. The second-order valence-corrected chi connectivity index (χ2v) is 7.17. The SMILES string of the molecule is COCCCN1C(=O)c2ccc(C(=O)Nc3ccccc3C(=O)NCC(F)(F)F)cc2C1=O. The first kappa shape index (κ1) is 23.9. The fourth-order valence-electron chi connectivity index (χ4n) is 3.26. The molecule has 2 aromatic rings. The normalized spacial score (nSPS) is 13.2. The molecule has 0 aromatic heterocycles. The molecule has 0 atom stereocenters. The Morgan fingerprint density at radius 3 is 2.39 bits per heavy atom. The van der Waals surface area contributed by atoms with Gasteiger partial charge in [0.05, 0.1) is 22.4 Å². The number of benzene rings is 2. The minimum absolute atomic E-state index is 0.00809. The van der Waals surface area contributed by atoms with Crippen molar-refractivity contribution >= 4 is 29.3 Å². The molecule has 2 aromatic carbocycles. The number of hydrogen-bond donors (Lipinski definition) is 2. The van der Waals surface area contributed by atoms with E-state index in [0.29, 0.717) is 13.0 Å². The first-order chi connectivity index (χ1) is 15.6. The van der Waals surface area contributed by atoms with E-state index in [1.54, 1.807) is 5.32 Å². The van der Waals surface area contributed by atoms with Gasteiger partial charge < -0.3 is 15.4 Å². The van der Waals surface area contributed by atoms with Crippen molar-refractivity contribution in [3.63, 3.8) is 0 Å². The molecule has 1 heterocycles. The number of para-hydroxylation sites is 1. The van der Waals surface area contributed by atoms with Gasteiger partial charge in [-0.15, -0.1) is 0 Å². The van der Waals surface area contributed by atoms with Crippen LogP contribution in [0.4, 0.5) is 18.9 Å². The van der Waals surface area contributed by atoms with Gasteiger partial charge in [0.25, 0.3) is 23.6 Å². The molecule has 4 amide bonds. The number of amides is 4. The van der Waals surface area contributed by atoms with Crippen molar-refractivity contribution in [2.75, 3.05) is 32.1 Å². The Balaban J connectivity index is 1.77. The van der Waals surface area contributed by atoms with Crippen LogP contribution in [0.15, 0.2) is 42.5 Å². The van der Waals surface area contributed by atoms with Gasteiger partial charge in [-0.3, -0.25) is 24.1 Å². The van der Waals surface area contributed by atoms with Gasteiger partial charge in [-0.05, 0) is 36.8 Å². The molecule has 0 saturated carbocycles. The standard InChI is InChI=1S/C22H20F3N3O5/c1-33-10-4-9-28-20(31)14-8-7-13(11-16(14)21(28)32)18(29)27-17-6-3-2-5-15(17)19(30)26-12-22(23,24)25/h2-3,5-8,11H,4,9-10,12H2,1H3,(H,26,30)(H,27,29). The highest BCUT2D eigenvalue weighted by Crippen LogP contribution is 2.25. The van der Waals surface area contributed by atoms with Crippen LogP contribution in [0.5, 0.6) is 0 Å². The predicted octanol–water partition coefficient (Wildman–Crippen LogP) is 2.86. The van der Waals surface area contributed by atoms with Crippen molar-refractivity contribution in [2.45, 2.75) is 12.6 Å². The molecule has 11 heteroatoms. The minimum Gasteiger partial charge on any atom is -0.385 e. The molecular weight excluding hydrogens is 443 g/mol. The Bertz CT molecular complexity index is 1100. The fourth-order valence-corrected chi connectivity index (χ4v) is 3.26. The van der Waals surface area contributed by atoms with Crippen LogP contribution in [0.25, 0.3) is 0 Å². The van der Waals surface area contributed by atoms with Gasteiger partial charge in [-0.1, -0.05) is 12.1 Å². The number of carbonyl (C=O) groups excluding carboxylic acids is 4. The largest absolute Gasteiger partial charge is 0.405 e. The van der Waals surface area contributed by atoms with E-state index in [4.69, 9.17) is 4.74 Å². The second-order valence-electron chi connectivity index (χ2n) is 7.17. The lowest BCUT2D eigenvalue weighted by Gasteiger charge is -2.13. The van der Waals surface area contributed by atoms with E-state index in [2.05, 4.69) is 5.32 Å². The number of nitrogens with zero attached hydrogens (tertiary/aromatic N) is 1. The number of ether oxygens (including phenoxy) is 1. The fraction of sp³-hybridized carbons (Fsp3) is 0.273. The number of alkyl halides is 3. The number of nitrogens with one attached hydrogen (secondary N) is 2. The van der Waals surface area contributed by atoms with Crippen LogP contribution in [-0.2, 0) is 4.74 Å². The Morgan fingerprint density at radius 2 is 1.70 bits per heavy atom. The molecule has 0 radical (unpaired) electrons. The van der Waals surface area contributed by atoms with E-state index in [1.165, 1.54) is 49.6 Å². The van der Waals surface area contributed by atoms with E-state index in [0.717, 1.165) is 4.90 Å². The van der Waals surface area contributed by atoms with Crippen LogP contribution < -0.4 is 10.6 Å². The lowest BCUT2D eigenvalue weighted by atomic mass is 10.0. The monoisotopic (exact) mass is 463 g/mol. The summed E-state index contributed by atoms with van der Waals surface area (Å²) in [5.41, 5.74) is 0.111. The topological polar surface area (TPSA) is 105 Å². The number of fused-ring (bicyclic) bond motifs is 1. The lowest BCUT2D eigenvalue weighted by Crippen LogP contribution is -2.34. The van der Waals surface area contributed by atoms with Crippen molar-refractivity contribution in [1.82, 2.24) is 10.2 Å². The highest BCUT2D eigenvalue weighted by atomic mass is 19.4. The number of anilines is 1. The Morgan fingerprint density at radius 1 is 1.00 bits per heavy atom. The highest BCUT2D eigenvalue weighted by Gasteiger charge is 2.35. The second kappa shape index (κ2) is 9.82. The lowest BCUT2D eigenvalue weighted by molar-refractivity contribution is -0.123. The summed E-state index contributed by atoms with van der Waals surface area (Å²) in [4.78, 5) is 51.0. The Hall–Kier alpha value is -3.73. The molecule has 174 valence electrons. The Kier molecular flexibility index (Phi) is 7.12. The van der Waals surface area contributed by atoms with Crippen molar-refractivity contribution < 1.29 is 37.1 Å². The van der Waals surface area contributed by atoms with Gasteiger partial charge in [-0.2, -0.15) is 13.2 Å². The zero-order valence-electron chi connectivity index (χ0n) is 17.5. The summed E-state index contributed by atoms with van der Waals surface area (Å²) < 4.78 is 42.1. The van der Waals surface area contributed by atoms with Crippen LogP contribution in [-0.4, -0.2) is 61.5 Å². The molecule has 0 unspecified atom stereocenters. The average Bonchev–Trinajstić information content (AvgIpc) is 3.01. The third-order valence-corrected chi connectivity index (χ3v) is 4.83. The molecule has 1 aliphatic rings. The summed E-state index contributed by atoms with van der Waals surface area (Å²) in [5.74, 6) is -2.71. The van der Waals surface area contributed by atoms with Crippen molar-refractivity contribution in [3.8, 4) is 0 Å². The number of methoxy groups -OCH3 is 1. The molecule has 0 spiro atoms. The third kappa shape index (κ3) is 5.55. The van der Waals surface area contributed by atoms with Gasteiger partial charge in [-0.25, -0.2) is 0 Å². The molecule has 33 heavy (non-hydrogen) atoms. The summed E-state index contributed by atoms with van der Waals surface area (Å²) in [5, 5.41) is 4.22. The summed E-state index contributed by atoms with van der Waals surface area (Å²) in [6, 6.07) is 9.56. The van der Waals surface area contributed by atoms with E-state index >= 15 is 0 Å². The number of imide groups is 1. The highest BCUT2D eigenvalue weighted by molar-refractivity contribution is 6.22. The van der Waals surface area contributed by atoms with Gasteiger partial charge in [0, 0.05) is 25.8 Å². The first-order valence-electron chi connectivity index (χ1n) is 9.87. The molecule has 2 N–H and O–H groups in total. The van der Waals surface area contributed by atoms with E-state index in [-0.39, 0.29) is 34.5 Å². The van der Waals surface area contributed by atoms with E-state index < -0.39 is 36.3 Å². The van der Waals surface area contributed by atoms with Crippen molar-refractivity contribution in [3.05, 3.63) is 64.7 Å². The van der Waals surface area contributed by atoms with Crippen molar-refractivity contribution in [2.24, 2.45) is 0 Å². The molecular formula is C22H20F3N3O5. The first-order valence-corrected chi connectivity index (χ1v) is 9.87. The summed E-state index contributed by atoms with van der Waals surface area (Å²) >= 11 is 0. The molecule has 0 bridgehead atoms. The number of carbonyl (C=O) groups is 4. The van der Waals surface area contributed by atoms with Gasteiger partial charge in [0.15, 0.2) is 0 Å². The maximum Gasteiger partial charge on any atom is 0.405 e. The van der Waals surface area contributed by atoms with Crippen LogP contribution in [0.1, 0.15) is 47.9 Å². The quantitative estimate of drug-likeness (QED) is 0.463. The summed E-state index contributed by atoms with van der Waals surface area (Å²) in [6.45, 7) is -0.977. The molecule has 0 saturated heterocycles. The summed E-state index contributed by atoms with van der Waals surface area (Å²) in [6.07, 6.45) is -4.12.